The molecular weight excluding hydrogens is 364 g/mol. The first kappa shape index (κ1) is 22.9. The fourth-order valence-corrected chi connectivity index (χ4v) is 2.29. The third kappa shape index (κ3) is 8.07. The second-order valence-corrected chi connectivity index (χ2v) is 6.48. The molecule has 5 N–H and O–H groups in total. The van der Waals surface area contributed by atoms with Gasteiger partial charge in [-0.1, -0.05) is 50.6 Å². The first-order chi connectivity index (χ1) is 13.2. The standard InChI is InChI=1S/C19H28N4O5/c1-4-12(2)16(17(20)25)23-18(26)13(3)22-15(24)10-21-19(27)28-11-14-8-6-5-7-9-14/h5-9,12-13,16H,4,10-11H2,1-3H3,(H2,20,25)(H,21,27)(H,22,24)(H,23,26)/t12-,13-,16-/m1/s1. The Labute approximate surface area is 164 Å². The summed E-state index contributed by atoms with van der Waals surface area (Å²) >= 11 is 0. The Morgan fingerprint density at radius 3 is 2.29 bits per heavy atom. The number of hydrogen-bond donors (Lipinski definition) is 4. The zero-order valence-electron chi connectivity index (χ0n) is 16.4. The van der Waals surface area contributed by atoms with E-state index in [9.17, 15) is 19.2 Å². The van der Waals surface area contributed by atoms with E-state index >= 15 is 0 Å². The van der Waals surface area contributed by atoms with E-state index in [-0.39, 0.29) is 19.1 Å². The van der Waals surface area contributed by atoms with Gasteiger partial charge in [-0.2, -0.15) is 0 Å². The Hall–Kier alpha value is -3.10. The molecule has 3 atom stereocenters. The summed E-state index contributed by atoms with van der Waals surface area (Å²) in [5.74, 6) is -1.88. The van der Waals surface area contributed by atoms with E-state index in [0.29, 0.717) is 6.42 Å². The molecule has 0 aliphatic heterocycles. The van der Waals surface area contributed by atoms with Gasteiger partial charge in [-0.25, -0.2) is 4.79 Å². The van der Waals surface area contributed by atoms with Crippen molar-refractivity contribution < 1.29 is 23.9 Å². The third-order valence-corrected chi connectivity index (χ3v) is 4.19. The molecule has 0 fully saturated rings. The zero-order chi connectivity index (χ0) is 21.1. The number of benzene rings is 1. The number of nitrogens with two attached hydrogens (primary N) is 1. The predicted molar refractivity (Wildman–Crippen MR) is 103 cm³/mol. The van der Waals surface area contributed by atoms with Crippen LogP contribution in [0.5, 0.6) is 0 Å². The molecule has 0 spiro atoms. The Morgan fingerprint density at radius 1 is 1.07 bits per heavy atom. The van der Waals surface area contributed by atoms with E-state index in [2.05, 4.69) is 16.0 Å². The van der Waals surface area contributed by atoms with Gasteiger partial charge in [0.25, 0.3) is 0 Å². The van der Waals surface area contributed by atoms with E-state index in [1.54, 1.807) is 19.1 Å². The number of nitrogens with one attached hydrogen (secondary N) is 3. The van der Waals surface area contributed by atoms with Gasteiger partial charge in [-0.15, -0.1) is 0 Å². The maximum atomic E-state index is 12.2. The fraction of sp³-hybridized carbons (Fsp3) is 0.474. The number of ether oxygens (including phenoxy) is 1. The minimum atomic E-state index is -0.902. The zero-order valence-corrected chi connectivity index (χ0v) is 16.4. The molecule has 154 valence electrons. The van der Waals surface area contributed by atoms with Gasteiger partial charge in [0.1, 0.15) is 25.2 Å². The maximum Gasteiger partial charge on any atom is 0.407 e. The van der Waals surface area contributed by atoms with Crippen molar-refractivity contribution in [2.24, 2.45) is 11.7 Å². The Bertz CT molecular complexity index is 680. The van der Waals surface area contributed by atoms with Gasteiger partial charge in [0.15, 0.2) is 0 Å². The lowest BCUT2D eigenvalue weighted by atomic mass is 9.98. The molecule has 0 saturated heterocycles. The summed E-state index contributed by atoms with van der Waals surface area (Å²) in [7, 11) is 0. The number of amides is 4. The van der Waals surface area contributed by atoms with E-state index in [1.807, 2.05) is 25.1 Å². The second-order valence-electron chi connectivity index (χ2n) is 6.48. The SMILES string of the molecule is CC[C@@H](C)[C@@H](NC(=O)[C@@H](C)NC(=O)CNC(=O)OCc1ccccc1)C(N)=O. The number of rotatable bonds is 10. The van der Waals surface area contributed by atoms with Crippen molar-refractivity contribution >= 4 is 23.8 Å². The topological polar surface area (TPSA) is 140 Å². The van der Waals surface area contributed by atoms with Gasteiger partial charge in [0.2, 0.25) is 17.7 Å². The molecule has 0 aliphatic carbocycles. The Kier molecular flexibility index (Phi) is 9.49. The number of alkyl carbamates (subject to hydrolysis) is 1. The first-order valence-corrected chi connectivity index (χ1v) is 9.08. The van der Waals surface area contributed by atoms with Crippen LogP contribution < -0.4 is 21.7 Å². The van der Waals surface area contributed by atoms with Crippen molar-refractivity contribution in [1.29, 1.82) is 0 Å². The highest BCUT2D eigenvalue weighted by Gasteiger charge is 2.26. The van der Waals surface area contributed by atoms with Crippen LogP contribution in [-0.2, 0) is 25.7 Å². The van der Waals surface area contributed by atoms with Crippen LogP contribution in [0.2, 0.25) is 0 Å². The maximum absolute atomic E-state index is 12.2. The molecule has 9 nitrogen and oxygen atoms in total. The Morgan fingerprint density at radius 2 is 1.71 bits per heavy atom. The van der Waals surface area contributed by atoms with Crippen LogP contribution in [0.1, 0.15) is 32.8 Å². The summed E-state index contributed by atoms with van der Waals surface area (Å²) in [6.07, 6.45) is -0.0921. The molecule has 1 aromatic carbocycles. The van der Waals surface area contributed by atoms with Crippen molar-refractivity contribution in [1.82, 2.24) is 16.0 Å². The van der Waals surface area contributed by atoms with Gasteiger partial charge in [-0.05, 0) is 18.4 Å². The minimum Gasteiger partial charge on any atom is -0.445 e. The number of hydrogen-bond acceptors (Lipinski definition) is 5. The van der Waals surface area contributed by atoms with E-state index in [4.69, 9.17) is 10.5 Å². The fourth-order valence-electron chi connectivity index (χ4n) is 2.29. The Balaban J connectivity index is 2.37. The van der Waals surface area contributed by atoms with E-state index in [0.717, 1.165) is 5.56 Å². The quantitative estimate of drug-likeness (QED) is 0.457. The van der Waals surface area contributed by atoms with E-state index in [1.165, 1.54) is 6.92 Å². The summed E-state index contributed by atoms with van der Waals surface area (Å²) in [5, 5.41) is 7.28. The van der Waals surface area contributed by atoms with Crippen LogP contribution >= 0.6 is 0 Å². The van der Waals surface area contributed by atoms with Crippen LogP contribution in [0.25, 0.3) is 0 Å². The van der Waals surface area contributed by atoms with Gasteiger partial charge >= 0.3 is 6.09 Å². The van der Waals surface area contributed by atoms with Crippen molar-refractivity contribution in [3.8, 4) is 0 Å². The molecule has 0 unspecified atom stereocenters. The van der Waals surface area contributed by atoms with Crippen molar-refractivity contribution in [2.45, 2.75) is 45.9 Å². The van der Waals surface area contributed by atoms with Crippen LogP contribution in [0.3, 0.4) is 0 Å². The van der Waals surface area contributed by atoms with Crippen molar-refractivity contribution in [3.63, 3.8) is 0 Å². The summed E-state index contributed by atoms with van der Waals surface area (Å²) in [4.78, 5) is 47.2. The third-order valence-electron chi connectivity index (χ3n) is 4.19. The highest BCUT2D eigenvalue weighted by atomic mass is 16.5. The van der Waals surface area contributed by atoms with Gasteiger partial charge in [-0.3, -0.25) is 14.4 Å². The monoisotopic (exact) mass is 392 g/mol. The van der Waals surface area contributed by atoms with Gasteiger partial charge < -0.3 is 26.4 Å². The molecule has 0 aromatic heterocycles. The van der Waals surface area contributed by atoms with Crippen LogP contribution in [0, 0.1) is 5.92 Å². The highest BCUT2D eigenvalue weighted by molar-refractivity contribution is 5.92. The summed E-state index contributed by atoms with van der Waals surface area (Å²) in [6.45, 7) is 4.87. The largest absolute Gasteiger partial charge is 0.445 e. The highest BCUT2D eigenvalue weighted by Crippen LogP contribution is 2.07. The van der Waals surface area contributed by atoms with Gasteiger partial charge in [0.05, 0.1) is 0 Å². The summed E-state index contributed by atoms with van der Waals surface area (Å²) in [6, 6.07) is 7.38. The number of primary amides is 1. The van der Waals surface area contributed by atoms with Crippen LogP contribution in [0.15, 0.2) is 30.3 Å². The summed E-state index contributed by atoms with van der Waals surface area (Å²) in [5.41, 5.74) is 6.13. The molecular formula is C19H28N4O5. The van der Waals surface area contributed by atoms with Crippen molar-refractivity contribution in [2.75, 3.05) is 6.54 Å². The molecule has 0 aliphatic rings. The van der Waals surface area contributed by atoms with Crippen molar-refractivity contribution in [3.05, 3.63) is 35.9 Å². The number of carbonyl (C=O) groups excluding carboxylic acids is 4. The normalized spacial score (nSPS) is 13.5. The molecule has 28 heavy (non-hydrogen) atoms. The smallest absolute Gasteiger partial charge is 0.407 e. The first-order valence-electron chi connectivity index (χ1n) is 9.08. The lowest BCUT2D eigenvalue weighted by Gasteiger charge is -2.23. The molecule has 9 heteroatoms. The molecule has 0 saturated carbocycles. The summed E-state index contributed by atoms with van der Waals surface area (Å²) < 4.78 is 4.99. The minimum absolute atomic E-state index is 0.0806. The van der Waals surface area contributed by atoms with E-state index < -0.39 is 35.9 Å². The molecule has 0 heterocycles. The van der Waals surface area contributed by atoms with Crippen LogP contribution in [0.4, 0.5) is 4.79 Å². The molecule has 0 radical (unpaired) electrons. The molecule has 0 bridgehead atoms. The predicted octanol–water partition coefficient (Wildman–Crippen LogP) is 0.434. The van der Waals surface area contributed by atoms with Gasteiger partial charge in [0, 0.05) is 0 Å². The lowest BCUT2D eigenvalue weighted by molar-refractivity contribution is -0.131. The van der Waals surface area contributed by atoms with Crippen LogP contribution in [-0.4, -0.2) is 42.4 Å². The lowest BCUT2D eigenvalue weighted by Crippen LogP contribution is -2.54. The average Bonchev–Trinajstić information content (AvgIpc) is 2.68. The average molecular weight is 392 g/mol. The second kappa shape index (κ2) is 11.6. The molecule has 1 rings (SSSR count). The molecule has 1 aromatic rings. The number of carbonyl (C=O) groups is 4. The molecule has 4 amide bonds.